The Morgan fingerprint density at radius 1 is 1.23 bits per heavy atom. The van der Waals surface area contributed by atoms with Crippen LogP contribution in [-0.4, -0.2) is 34.2 Å². The van der Waals surface area contributed by atoms with Gasteiger partial charge in [0.25, 0.3) is 5.91 Å². The molecule has 0 saturated heterocycles. The maximum atomic E-state index is 12.2. The number of hydrogen-bond acceptors (Lipinski definition) is 4. The average molecular weight is 319 g/mol. The maximum Gasteiger partial charge on any atom is 0.467 e. The van der Waals surface area contributed by atoms with E-state index in [-0.39, 0.29) is 11.5 Å². The summed E-state index contributed by atoms with van der Waals surface area (Å²) in [6, 6.07) is 6.30. The molecule has 0 aliphatic heterocycles. The van der Waals surface area contributed by atoms with Gasteiger partial charge in [-0.3, -0.25) is 10.1 Å². The van der Waals surface area contributed by atoms with E-state index in [4.69, 9.17) is 15.9 Å². The van der Waals surface area contributed by atoms with E-state index in [0.717, 1.165) is 5.56 Å². The molecule has 0 radical (unpaired) electrons. The molecule has 9 heteroatoms. The van der Waals surface area contributed by atoms with Gasteiger partial charge >= 0.3 is 12.1 Å². The zero-order valence-corrected chi connectivity index (χ0v) is 11.8. The van der Waals surface area contributed by atoms with Gasteiger partial charge in [-0.2, -0.15) is 18.2 Å². The summed E-state index contributed by atoms with van der Waals surface area (Å²) in [6.07, 6.45) is -5.44. The van der Waals surface area contributed by atoms with E-state index in [1.165, 1.54) is 12.1 Å². The number of alkyl halides is 3. The first-order valence-electron chi connectivity index (χ1n) is 6.22. The van der Waals surface area contributed by atoms with Crippen LogP contribution in [-0.2, 0) is 0 Å². The van der Waals surface area contributed by atoms with E-state index >= 15 is 0 Å². The quantitative estimate of drug-likeness (QED) is 0.379. The number of carbonyl (C=O) groups excluding carboxylic acids is 1. The topological polar surface area (TPSA) is 108 Å². The van der Waals surface area contributed by atoms with E-state index in [0.29, 0.717) is 0 Å². The highest BCUT2D eigenvalue weighted by atomic mass is 19.4. The molecule has 122 valence electrons. The number of benzene rings is 1. The van der Waals surface area contributed by atoms with Crippen molar-refractivity contribution in [1.29, 1.82) is 0 Å². The first-order valence-corrected chi connectivity index (χ1v) is 6.22. The molecule has 0 aromatic heterocycles. The third-order valence-electron chi connectivity index (χ3n) is 2.74. The lowest BCUT2D eigenvalue weighted by atomic mass is 10.0. The van der Waals surface area contributed by atoms with E-state index in [2.05, 4.69) is 4.99 Å². The lowest BCUT2D eigenvalue weighted by Gasteiger charge is -2.20. The third kappa shape index (κ3) is 4.43. The number of aliphatic hydroxyl groups is 2. The largest absolute Gasteiger partial charge is 0.467 e. The summed E-state index contributed by atoms with van der Waals surface area (Å²) in [5, 5.41) is 19.3. The molecule has 0 heterocycles. The Kier molecular flexibility index (Phi) is 5.15. The number of amides is 1. The van der Waals surface area contributed by atoms with Crippen LogP contribution in [0.5, 0.6) is 0 Å². The lowest BCUT2D eigenvalue weighted by molar-refractivity contribution is -0.344. The smallest absolute Gasteiger partial charge is 0.369 e. The molecule has 1 amide bonds. The summed E-state index contributed by atoms with van der Waals surface area (Å²) in [5.41, 5.74) is 6.18. The van der Waals surface area contributed by atoms with Crippen molar-refractivity contribution in [1.82, 2.24) is 5.32 Å². The van der Waals surface area contributed by atoms with Crippen LogP contribution in [0.3, 0.4) is 0 Å². The average Bonchev–Trinajstić information content (AvgIpc) is 2.36. The first-order chi connectivity index (χ1) is 9.94. The molecular formula is C13H16F3N3O3. The van der Waals surface area contributed by atoms with Crippen LogP contribution >= 0.6 is 0 Å². The van der Waals surface area contributed by atoms with Crippen LogP contribution in [0.4, 0.5) is 13.2 Å². The first kappa shape index (κ1) is 17.9. The molecule has 0 spiro atoms. The number of nitrogens with zero attached hydrogens (tertiary/aromatic N) is 1. The van der Waals surface area contributed by atoms with Crippen LogP contribution < -0.4 is 11.1 Å². The van der Waals surface area contributed by atoms with Gasteiger partial charge in [0.05, 0.1) is 0 Å². The molecule has 0 aliphatic carbocycles. The zero-order valence-electron chi connectivity index (χ0n) is 11.8. The van der Waals surface area contributed by atoms with Crippen molar-refractivity contribution in [2.24, 2.45) is 10.7 Å². The second-order valence-electron chi connectivity index (χ2n) is 4.86. The van der Waals surface area contributed by atoms with Gasteiger partial charge in [-0.05, 0) is 23.6 Å². The Labute approximate surface area is 124 Å². The van der Waals surface area contributed by atoms with Gasteiger partial charge in [-0.15, -0.1) is 0 Å². The van der Waals surface area contributed by atoms with Crippen molar-refractivity contribution < 1.29 is 28.2 Å². The van der Waals surface area contributed by atoms with Gasteiger partial charge in [0.2, 0.25) is 5.96 Å². The molecule has 0 atom stereocenters. The van der Waals surface area contributed by atoms with Crippen LogP contribution in [0.25, 0.3) is 0 Å². The van der Waals surface area contributed by atoms with Crippen molar-refractivity contribution in [2.75, 3.05) is 0 Å². The Morgan fingerprint density at radius 3 is 2.14 bits per heavy atom. The summed E-state index contributed by atoms with van der Waals surface area (Å²) < 4.78 is 36.6. The molecule has 0 bridgehead atoms. The van der Waals surface area contributed by atoms with Crippen molar-refractivity contribution in [3.8, 4) is 0 Å². The fourth-order valence-corrected chi connectivity index (χ4v) is 1.47. The lowest BCUT2D eigenvalue weighted by Crippen LogP contribution is -2.47. The van der Waals surface area contributed by atoms with E-state index in [1.54, 1.807) is 12.1 Å². The highest BCUT2D eigenvalue weighted by Crippen LogP contribution is 2.28. The van der Waals surface area contributed by atoms with Gasteiger partial charge in [0.15, 0.2) is 0 Å². The monoisotopic (exact) mass is 319 g/mol. The predicted molar refractivity (Wildman–Crippen MR) is 72.8 cm³/mol. The molecule has 0 unspecified atom stereocenters. The van der Waals surface area contributed by atoms with Crippen molar-refractivity contribution >= 4 is 11.9 Å². The number of nitrogens with one attached hydrogen (secondary N) is 1. The molecule has 1 rings (SSSR count). The summed E-state index contributed by atoms with van der Waals surface area (Å²) in [6.45, 7) is 3.91. The molecule has 0 aliphatic rings. The fourth-order valence-electron chi connectivity index (χ4n) is 1.47. The number of guanidine groups is 1. The van der Waals surface area contributed by atoms with Gasteiger partial charge in [-0.1, -0.05) is 26.0 Å². The molecule has 0 saturated carbocycles. The SMILES string of the molecule is CC(C)c1ccc(C(=O)NC(N)=NC(O)(O)C(F)(F)F)cc1. The highest BCUT2D eigenvalue weighted by Gasteiger charge is 2.54. The maximum absolute atomic E-state index is 12.2. The van der Waals surface area contributed by atoms with E-state index in [1.807, 2.05) is 19.2 Å². The third-order valence-corrected chi connectivity index (χ3v) is 2.74. The fraction of sp³-hybridized carbons (Fsp3) is 0.385. The van der Waals surface area contributed by atoms with Crippen LogP contribution in [0.1, 0.15) is 35.7 Å². The molecule has 5 N–H and O–H groups in total. The van der Waals surface area contributed by atoms with Crippen LogP contribution in [0.2, 0.25) is 0 Å². The molecular weight excluding hydrogens is 303 g/mol. The Hall–Kier alpha value is -2.13. The number of carbonyl (C=O) groups is 1. The zero-order chi connectivity index (χ0) is 17.1. The minimum absolute atomic E-state index is 0.135. The summed E-state index contributed by atoms with van der Waals surface area (Å²) in [5.74, 6) is -6.01. The Bertz CT molecular complexity index is 566. The standard InChI is InChI=1S/C13H16F3N3O3/c1-7(2)8-3-5-9(6-4-8)10(20)18-11(17)19-13(21,22)12(14,15)16/h3-7,21-22H,1-2H3,(H3,17,18,19,20). The normalized spacial score (nSPS) is 13.4. The van der Waals surface area contributed by atoms with E-state index < -0.39 is 24.0 Å². The summed E-state index contributed by atoms with van der Waals surface area (Å²) in [7, 11) is 0. The van der Waals surface area contributed by atoms with Crippen LogP contribution in [0.15, 0.2) is 29.3 Å². The Balaban J connectivity index is 2.84. The predicted octanol–water partition coefficient (Wildman–Crippen LogP) is 1.06. The molecule has 1 aromatic rings. The summed E-state index contributed by atoms with van der Waals surface area (Å²) in [4.78, 5) is 14.2. The van der Waals surface area contributed by atoms with Crippen molar-refractivity contribution in [2.45, 2.75) is 31.9 Å². The van der Waals surface area contributed by atoms with Gasteiger partial charge in [-0.25, -0.2) is 0 Å². The van der Waals surface area contributed by atoms with Gasteiger partial charge in [0, 0.05) is 5.56 Å². The molecule has 0 fully saturated rings. The molecule has 22 heavy (non-hydrogen) atoms. The number of nitrogens with two attached hydrogens (primary N) is 1. The Morgan fingerprint density at radius 2 is 1.73 bits per heavy atom. The van der Waals surface area contributed by atoms with Gasteiger partial charge in [0.1, 0.15) is 0 Å². The second-order valence-corrected chi connectivity index (χ2v) is 4.86. The summed E-state index contributed by atoms with van der Waals surface area (Å²) >= 11 is 0. The highest BCUT2D eigenvalue weighted by molar-refractivity contribution is 6.05. The minimum atomic E-state index is -5.44. The number of hydrogen-bond donors (Lipinski definition) is 4. The molecule has 1 aromatic carbocycles. The number of rotatable bonds is 3. The van der Waals surface area contributed by atoms with Crippen molar-refractivity contribution in [3.05, 3.63) is 35.4 Å². The minimum Gasteiger partial charge on any atom is -0.369 e. The van der Waals surface area contributed by atoms with Crippen LogP contribution in [0, 0.1) is 0 Å². The molecule has 6 nitrogen and oxygen atoms in total. The van der Waals surface area contributed by atoms with E-state index in [9.17, 15) is 18.0 Å². The number of halogens is 3. The second kappa shape index (κ2) is 6.32. The van der Waals surface area contributed by atoms with Gasteiger partial charge < -0.3 is 15.9 Å². The van der Waals surface area contributed by atoms with Crippen molar-refractivity contribution in [3.63, 3.8) is 0 Å². The number of aliphatic imine (C=N–C) groups is 1.